The molecule has 20 heavy (non-hydrogen) atoms. The van der Waals surface area contributed by atoms with E-state index in [1.807, 2.05) is 24.4 Å². The van der Waals surface area contributed by atoms with Crippen molar-refractivity contribution in [2.24, 2.45) is 0 Å². The zero-order valence-corrected chi connectivity index (χ0v) is 12.6. The predicted octanol–water partition coefficient (Wildman–Crippen LogP) is 1.48. The first-order valence-corrected chi connectivity index (χ1v) is 8.12. The number of nitrogen functional groups attached to an aromatic ring is 1. The third-order valence-electron chi connectivity index (χ3n) is 2.98. The maximum absolute atomic E-state index is 11.9. The highest BCUT2D eigenvalue weighted by molar-refractivity contribution is 8.00. The van der Waals surface area contributed by atoms with E-state index >= 15 is 0 Å². The average molecular weight is 309 g/mol. The minimum atomic E-state index is -0.238. The van der Waals surface area contributed by atoms with E-state index in [1.54, 1.807) is 11.3 Å². The number of thiophene rings is 1. The number of carbonyl (C=O) groups excluding carboxylic acids is 1. The molecular formula is C12H15N5OS2. The van der Waals surface area contributed by atoms with Gasteiger partial charge in [-0.3, -0.25) is 4.79 Å². The van der Waals surface area contributed by atoms with Gasteiger partial charge < -0.3 is 11.2 Å². The number of aromatic nitrogens is 3. The molecule has 0 spiro atoms. The fourth-order valence-electron chi connectivity index (χ4n) is 1.69. The van der Waals surface area contributed by atoms with Gasteiger partial charge in [-0.25, -0.2) is 4.68 Å². The standard InChI is InChI=1S/C12H15N5OS2/c1-7(11(18)14-8-4-5-8)20-12-16-15-10(17(12)13)9-3-2-6-19-9/h2-3,6-8H,4-5,13H2,1H3,(H,14,18)/t7-/m0/s1. The quantitative estimate of drug-likeness (QED) is 0.645. The van der Waals surface area contributed by atoms with Gasteiger partial charge >= 0.3 is 0 Å². The number of nitrogens with two attached hydrogens (primary N) is 1. The third-order valence-corrected chi connectivity index (χ3v) is 4.90. The van der Waals surface area contributed by atoms with Gasteiger partial charge in [0.05, 0.1) is 10.1 Å². The van der Waals surface area contributed by atoms with Crippen molar-refractivity contribution >= 4 is 29.0 Å². The molecule has 0 saturated heterocycles. The van der Waals surface area contributed by atoms with Crippen molar-refractivity contribution in [3.8, 4) is 10.7 Å². The molecule has 106 valence electrons. The molecule has 1 saturated carbocycles. The summed E-state index contributed by atoms with van der Waals surface area (Å²) in [6.45, 7) is 1.85. The van der Waals surface area contributed by atoms with E-state index in [2.05, 4.69) is 15.5 Å². The van der Waals surface area contributed by atoms with Crippen LogP contribution in [0.2, 0.25) is 0 Å². The molecule has 1 aliphatic rings. The van der Waals surface area contributed by atoms with E-state index in [-0.39, 0.29) is 11.2 Å². The molecule has 1 atom stereocenters. The minimum absolute atomic E-state index is 0.0261. The van der Waals surface area contributed by atoms with Crippen molar-refractivity contribution in [2.45, 2.75) is 36.2 Å². The van der Waals surface area contributed by atoms with Crippen LogP contribution < -0.4 is 11.2 Å². The summed E-state index contributed by atoms with van der Waals surface area (Å²) in [5, 5.41) is 13.4. The second-order valence-corrected chi connectivity index (χ2v) is 6.95. The summed E-state index contributed by atoms with van der Waals surface area (Å²) in [7, 11) is 0. The number of thioether (sulfide) groups is 1. The minimum Gasteiger partial charge on any atom is -0.352 e. The number of rotatable bonds is 5. The Balaban J connectivity index is 1.69. The maximum Gasteiger partial charge on any atom is 0.233 e. The Morgan fingerprint density at radius 2 is 2.40 bits per heavy atom. The first-order chi connectivity index (χ1) is 9.65. The topological polar surface area (TPSA) is 85.8 Å². The predicted molar refractivity (Wildman–Crippen MR) is 80.0 cm³/mol. The Labute approximate surface area is 124 Å². The molecule has 3 rings (SSSR count). The molecular weight excluding hydrogens is 294 g/mol. The van der Waals surface area contributed by atoms with Gasteiger partial charge in [0.25, 0.3) is 0 Å². The number of hydrogen-bond donors (Lipinski definition) is 2. The molecule has 2 heterocycles. The van der Waals surface area contributed by atoms with Crippen LogP contribution in [0.3, 0.4) is 0 Å². The van der Waals surface area contributed by atoms with Crippen molar-refractivity contribution in [3.05, 3.63) is 17.5 Å². The van der Waals surface area contributed by atoms with Crippen molar-refractivity contribution in [2.75, 3.05) is 5.84 Å². The summed E-state index contributed by atoms with van der Waals surface area (Å²) in [5.74, 6) is 6.65. The molecule has 1 amide bonds. The van der Waals surface area contributed by atoms with Crippen molar-refractivity contribution in [1.82, 2.24) is 20.2 Å². The fourth-order valence-corrected chi connectivity index (χ4v) is 3.17. The summed E-state index contributed by atoms with van der Waals surface area (Å²) in [5.41, 5.74) is 0. The van der Waals surface area contributed by atoms with E-state index in [0.29, 0.717) is 17.0 Å². The number of amides is 1. The first kappa shape index (κ1) is 13.4. The Bertz CT molecular complexity index is 605. The van der Waals surface area contributed by atoms with Crippen LogP contribution in [0.15, 0.2) is 22.7 Å². The number of nitrogens with one attached hydrogen (secondary N) is 1. The maximum atomic E-state index is 11.9. The lowest BCUT2D eigenvalue weighted by molar-refractivity contribution is -0.120. The van der Waals surface area contributed by atoms with Crippen molar-refractivity contribution in [3.63, 3.8) is 0 Å². The molecule has 2 aromatic heterocycles. The summed E-state index contributed by atoms with van der Waals surface area (Å²) in [6.07, 6.45) is 2.16. The number of carbonyl (C=O) groups is 1. The highest BCUT2D eigenvalue weighted by Crippen LogP contribution is 2.27. The molecule has 0 aromatic carbocycles. The van der Waals surface area contributed by atoms with Crippen molar-refractivity contribution in [1.29, 1.82) is 0 Å². The molecule has 6 nitrogen and oxygen atoms in total. The average Bonchev–Trinajstić information content (AvgIpc) is 2.94. The Morgan fingerprint density at radius 1 is 1.60 bits per heavy atom. The van der Waals surface area contributed by atoms with Gasteiger partial charge in [-0.15, -0.1) is 21.5 Å². The van der Waals surface area contributed by atoms with Crippen LogP contribution in [0.1, 0.15) is 19.8 Å². The summed E-state index contributed by atoms with van der Waals surface area (Å²) in [6, 6.07) is 4.24. The van der Waals surface area contributed by atoms with Gasteiger partial charge in [-0.05, 0) is 31.2 Å². The summed E-state index contributed by atoms with van der Waals surface area (Å²) < 4.78 is 1.44. The zero-order chi connectivity index (χ0) is 14.1. The monoisotopic (exact) mass is 309 g/mol. The molecule has 1 aliphatic carbocycles. The Kier molecular flexibility index (Phi) is 3.66. The van der Waals surface area contributed by atoms with Crippen LogP contribution in [-0.2, 0) is 4.79 Å². The first-order valence-electron chi connectivity index (χ1n) is 6.36. The largest absolute Gasteiger partial charge is 0.352 e. The second kappa shape index (κ2) is 5.45. The van der Waals surface area contributed by atoms with E-state index in [0.717, 1.165) is 17.7 Å². The third kappa shape index (κ3) is 2.80. The van der Waals surface area contributed by atoms with Gasteiger partial charge in [0.15, 0.2) is 5.82 Å². The zero-order valence-electron chi connectivity index (χ0n) is 10.9. The van der Waals surface area contributed by atoms with Crippen LogP contribution in [0, 0.1) is 0 Å². The van der Waals surface area contributed by atoms with Crippen LogP contribution in [-0.4, -0.2) is 32.1 Å². The number of nitrogens with zero attached hydrogens (tertiary/aromatic N) is 3. The van der Waals surface area contributed by atoms with E-state index in [4.69, 9.17) is 5.84 Å². The second-order valence-electron chi connectivity index (χ2n) is 4.70. The van der Waals surface area contributed by atoms with Gasteiger partial charge in [-0.1, -0.05) is 17.8 Å². The van der Waals surface area contributed by atoms with Crippen LogP contribution in [0.5, 0.6) is 0 Å². The molecule has 8 heteroatoms. The molecule has 0 radical (unpaired) electrons. The molecule has 0 aliphatic heterocycles. The van der Waals surface area contributed by atoms with Crippen LogP contribution in [0.25, 0.3) is 10.7 Å². The summed E-state index contributed by atoms with van der Waals surface area (Å²) >= 11 is 2.88. The van der Waals surface area contributed by atoms with Crippen molar-refractivity contribution < 1.29 is 4.79 Å². The van der Waals surface area contributed by atoms with Crippen LogP contribution >= 0.6 is 23.1 Å². The highest BCUT2D eigenvalue weighted by Gasteiger charge is 2.27. The molecule has 3 N–H and O–H groups in total. The normalized spacial score (nSPS) is 16.1. The molecule has 2 aromatic rings. The lowest BCUT2D eigenvalue weighted by atomic mass is 10.4. The van der Waals surface area contributed by atoms with Gasteiger partial charge in [0.2, 0.25) is 11.1 Å². The lowest BCUT2D eigenvalue weighted by Gasteiger charge is -2.10. The van der Waals surface area contributed by atoms with E-state index < -0.39 is 0 Å². The van der Waals surface area contributed by atoms with E-state index in [1.165, 1.54) is 16.4 Å². The highest BCUT2D eigenvalue weighted by atomic mass is 32.2. The summed E-state index contributed by atoms with van der Waals surface area (Å²) in [4.78, 5) is 12.9. The molecule has 0 unspecified atom stereocenters. The van der Waals surface area contributed by atoms with Gasteiger partial charge in [-0.2, -0.15) is 0 Å². The van der Waals surface area contributed by atoms with Gasteiger partial charge in [0, 0.05) is 6.04 Å². The lowest BCUT2D eigenvalue weighted by Crippen LogP contribution is -2.32. The Hall–Kier alpha value is -1.54. The molecule has 1 fully saturated rings. The van der Waals surface area contributed by atoms with Gasteiger partial charge in [0.1, 0.15) is 0 Å². The number of hydrogen-bond acceptors (Lipinski definition) is 6. The fraction of sp³-hybridized carbons (Fsp3) is 0.417. The SMILES string of the molecule is C[C@H](Sc1nnc(-c2cccs2)n1N)C(=O)NC1CC1. The Morgan fingerprint density at radius 3 is 3.05 bits per heavy atom. The van der Waals surface area contributed by atoms with Crippen LogP contribution in [0.4, 0.5) is 0 Å². The smallest absolute Gasteiger partial charge is 0.233 e. The molecule has 0 bridgehead atoms. The van der Waals surface area contributed by atoms with E-state index in [9.17, 15) is 4.79 Å².